The summed E-state index contributed by atoms with van der Waals surface area (Å²) in [4.78, 5) is 0. The van der Waals surface area contributed by atoms with E-state index >= 15 is 0 Å². The zero-order valence-electron chi connectivity index (χ0n) is 10.8. The van der Waals surface area contributed by atoms with Crippen LogP contribution in [-0.4, -0.2) is 26.3 Å². The first-order chi connectivity index (χ1) is 8.66. The average Bonchev–Trinajstić information content (AvgIpc) is 2.91. The molecule has 0 bridgehead atoms. The molecule has 1 aromatic rings. The van der Waals surface area contributed by atoms with Crippen molar-refractivity contribution in [2.75, 3.05) is 6.54 Å². The van der Waals surface area contributed by atoms with Crippen molar-refractivity contribution in [2.24, 2.45) is 0 Å². The quantitative estimate of drug-likeness (QED) is 0.906. The van der Waals surface area contributed by atoms with Crippen LogP contribution in [0.15, 0.2) is 21.7 Å². The Morgan fingerprint density at radius 2 is 2.17 bits per heavy atom. The van der Waals surface area contributed by atoms with Crippen LogP contribution < -0.4 is 5.32 Å². The van der Waals surface area contributed by atoms with Crippen molar-refractivity contribution in [3.63, 3.8) is 0 Å². The van der Waals surface area contributed by atoms with Gasteiger partial charge in [-0.3, -0.25) is 0 Å². The summed E-state index contributed by atoms with van der Waals surface area (Å²) in [6, 6.07) is 3.67. The Balaban J connectivity index is 2.18. The summed E-state index contributed by atoms with van der Waals surface area (Å²) in [6.45, 7) is 3.01. The van der Waals surface area contributed by atoms with E-state index in [9.17, 15) is 8.42 Å². The van der Waals surface area contributed by atoms with Crippen molar-refractivity contribution >= 4 is 21.2 Å². The van der Waals surface area contributed by atoms with Gasteiger partial charge in [-0.25, -0.2) is 8.42 Å². The summed E-state index contributed by atoms with van der Waals surface area (Å²) in [5.74, 6) is 0. The van der Waals surface area contributed by atoms with Crippen molar-refractivity contribution in [1.29, 1.82) is 0 Å². The molecule has 18 heavy (non-hydrogen) atoms. The lowest BCUT2D eigenvalue weighted by atomic mass is 9.95. The molecule has 2 unspecified atom stereocenters. The van der Waals surface area contributed by atoms with Crippen LogP contribution >= 0.6 is 11.3 Å². The fourth-order valence-electron chi connectivity index (χ4n) is 2.61. The minimum Gasteiger partial charge on any atom is -0.313 e. The average molecular weight is 287 g/mol. The normalized spacial score (nSPS) is 25.2. The third kappa shape index (κ3) is 2.95. The van der Waals surface area contributed by atoms with Crippen LogP contribution in [0, 0.1) is 0 Å². The van der Waals surface area contributed by atoms with E-state index < -0.39 is 9.84 Å². The highest BCUT2D eigenvalue weighted by atomic mass is 32.2. The van der Waals surface area contributed by atoms with Crippen LogP contribution in [-0.2, 0) is 9.84 Å². The molecule has 1 aromatic heterocycles. The lowest BCUT2D eigenvalue weighted by molar-refractivity contribution is 0.372. The second kappa shape index (κ2) is 6.17. The molecule has 1 saturated carbocycles. The molecule has 5 heteroatoms. The summed E-state index contributed by atoms with van der Waals surface area (Å²) in [5.41, 5.74) is 0. The summed E-state index contributed by atoms with van der Waals surface area (Å²) in [7, 11) is -3.14. The molecule has 0 radical (unpaired) electrons. The van der Waals surface area contributed by atoms with Crippen LogP contribution in [0.1, 0.15) is 39.0 Å². The summed E-state index contributed by atoms with van der Waals surface area (Å²) in [6.07, 6.45) is 4.98. The summed E-state index contributed by atoms with van der Waals surface area (Å²) >= 11 is 1.33. The Bertz CT molecular complexity index is 453. The number of sulfone groups is 1. The molecule has 2 rings (SSSR count). The molecule has 102 valence electrons. The van der Waals surface area contributed by atoms with Gasteiger partial charge >= 0.3 is 0 Å². The molecule has 0 aromatic carbocycles. The van der Waals surface area contributed by atoms with E-state index in [4.69, 9.17) is 0 Å². The minimum atomic E-state index is -3.14. The smallest absolute Gasteiger partial charge is 0.192 e. The first kappa shape index (κ1) is 14.0. The number of hydrogen-bond donors (Lipinski definition) is 1. The van der Waals surface area contributed by atoms with E-state index in [0.717, 1.165) is 38.6 Å². The first-order valence-electron chi connectivity index (χ1n) is 6.67. The maximum absolute atomic E-state index is 12.6. The standard InChI is InChI=1S/C13H21NO2S2/c1-2-9-14-11-6-3-4-7-12(11)18(15,16)13-8-5-10-17-13/h5,8,10-12,14H,2-4,6-7,9H2,1H3. The molecule has 2 atom stereocenters. The second-order valence-corrected chi connectivity index (χ2v) is 8.20. The molecule has 0 aliphatic heterocycles. The zero-order valence-corrected chi connectivity index (χ0v) is 12.4. The molecule has 1 N–H and O–H groups in total. The van der Waals surface area contributed by atoms with Crippen LogP contribution in [0.25, 0.3) is 0 Å². The van der Waals surface area contributed by atoms with Crippen LogP contribution in [0.3, 0.4) is 0 Å². The van der Waals surface area contributed by atoms with Gasteiger partial charge in [0.1, 0.15) is 4.21 Å². The van der Waals surface area contributed by atoms with Crippen LogP contribution in [0.5, 0.6) is 0 Å². The van der Waals surface area contributed by atoms with Gasteiger partial charge in [0.25, 0.3) is 0 Å². The van der Waals surface area contributed by atoms with Crippen LogP contribution in [0.2, 0.25) is 0 Å². The first-order valence-corrected chi connectivity index (χ1v) is 9.09. The molecule has 0 spiro atoms. The van der Waals surface area contributed by atoms with Crippen LogP contribution in [0.4, 0.5) is 0 Å². The van der Waals surface area contributed by atoms with Gasteiger partial charge in [0.05, 0.1) is 5.25 Å². The SMILES string of the molecule is CCCNC1CCCCC1S(=O)(=O)c1cccs1. The van der Waals surface area contributed by atoms with Crippen molar-refractivity contribution < 1.29 is 8.42 Å². The fraction of sp³-hybridized carbons (Fsp3) is 0.692. The maximum atomic E-state index is 12.6. The van der Waals surface area contributed by atoms with Gasteiger partial charge in [-0.2, -0.15) is 0 Å². The highest BCUT2D eigenvalue weighted by Gasteiger charge is 2.36. The Morgan fingerprint density at radius 3 is 2.83 bits per heavy atom. The molecule has 1 aliphatic carbocycles. The van der Waals surface area contributed by atoms with E-state index in [2.05, 4.69) is 12.2 Å². The Hall–Kier alpha value is -0.390. The van der Waals surface area contributed by atoms with Gasteiger partial charge in [-0.05, 0) is 37.3 Å². The molecule has 3 nitrogen and oxygen atoms in total. The van der Waals surface area contributed by atoms with Gasteiger partial charge in [-0.15, -0.1) is 11.3 Å². The molecule has 1 fully saturated rings. The van der Waals surface area contributed by atoms with E-state index in [1.54, 1.807) is 6.07 Å². The monoisotopic (exact) mass is 287 g/mol. The zero-order chi connectivity index (χ0) is 13.0. The third-order valence-electron chi connectivity index (χ3n) is 3.53. The van der Waals surface area contributed by atoms with E-state index in [-0.39, 0.29) is 11.3 Å². The number of hydrogen-bond acceptors (Lipinski definition) is 4. The predicted octanol–water partition coefficient (Wildman–Crippen LogP) is 2.83. The van der Waals surface area contributed by atoms with Gasteiger partial charge in [0.2, 0.25) is 0 Å². The minimum absolute atomic E-state index is 0.130. The molecule has 0 saturated heterocycles. The van der Waals surface area contributed by atoms with Crippen molar-refractivity contribution in [3.05, 3.63) is 17.5 Å². The van der Waals surface area contributed by atoms with E-state index in [1.165, 1.54) is 11.3 Å². The molecular weight excluding hydrogens is 266 g/mol. The Kier molecular flexibility index (Phi) is 4.81. The number of nitrogens with one attached hydrogen (secondary N) is 1. The molecule has 1 heterocycles. The van der Waals surface area contributed by atoms with E-state index in [1.807, 2.05) is 11.4 Å². The van der Waals surface area contributed by atoms with Gasteiger partial charge in [-0.1, -0.05) is 25.8 Å². The number of rotatable bonds is 5. The van der Waals surface area contributed by atoms with Crippen molar-refractivity contribution in [2.45, 2.75) is 54.5 Å². The summed E-state index contributed by atoms with van der Waals surface area (Å²) in [5, 5.41) is 5.01. The van der Waals surface area contributed by atoms with Crippen molar-refractivity contribution in [3.8, 4) is 0 Å². The second-order valence-electron chi connectivity index (χ2n) is 4.86. The topological polar surface area (TPSA) is 46.2 Å². The Morgan fingerprint density at radius 1 is 1.39 bits per heavy atom. The van der Waals surface area contributed by atoms with Gasteiger partial charge in [0.15, 0.2) is 9.84 Å². The third-order valence-corrected chi connectivity index (χ3v) is 7.24. The highest BCUT2D eigenvalue weighted by Crippen LogP contribution is 2.31. The Labute approximate surface area is 114 Å². The van der Waals surface area contributed by atoms with Crippen molar-refractivity contribution in [1.82, 2.24) is 5.32 Å². The lowest BCUT2D eigenvalue weighted by Crippen LogP contribution is -2.46. The highest BCUT2D eigenvalue weighted by molar-refractivity contribution is 7.94. The fourth-order valence-corrected chi connectivity index (χ4v) is 5.84. The predicted molar refractivity (Wildman–Crippen MR) is 75.8 cm³/mol. The van der Waals surface area contributed by atoms with E-state index in [0.29, 0.717) is 4.21 Å². The van der Waals surface area contributed by atoms with Gasteiger partial charge < -0.3 is 5.32 Å². The molecule has 0 amide bonds. The lowest BCUT2D eigenvalue weighted by Gasteiger charge is -2.31. The number of thiophene rings is 1. The largest absolute Gasteiger partial charge is 0.313 e. The molecular formula is C13H21NO2S2. The molecule has 1 aliphatic rings. The van der Waals surface area contributed by atoms with Gasteiger partial charge in [0, 0.05) is 6.04 Å². The summed E-state index contributed by atoms with van der Waals surface area (Å²) < 4.78 is 25.7. The maximum Gasteiger partial charge on any atom is 0.192 e.